The van der Waals surface area contributed by atoms with E-state index >= 15 is 0 Å². The summed E-state index contributed by atoms with van der Waals surface area (Å²) in [5.74, 6) is -4.07. The Morgan fingerprint density at radius 2 is 1.75 bits per heavy atom. The Hall–Kier alpha value is -1.48. The van der Waals surface area contributed by atoms with E-state index in [4.69, 9.17) is 4.74 Å². The first-order valence-corrected chi connectivity index (χ1v) is 10.3. The molecule has 0 spiro atoms. The summed E-state index contributed by atoms with van der Waals surface area (Å²) in [5, 5.41) is 9.31. The largest absolute Gasteiger partial charge is 0.480 e. The Labute approximate surface area is 164 Å². The molecule has 2 unspecified atom stereocenters. The number of carboxylic acids is 1. The van der Waals surface area contributed by atoms with E-state index in [1.807, 2.05) is 0 Å². The molecule has 3 fully saturated rings. The number of amides is 1. The lowest BCUT2D eigenvalue weighted by molar-refractivity contribution is -0.143. The van der Waals surface area contributed by atoms with E-state index in [2.05, 4.69) is 4.90 Å². The molecule has 0 aromatic carbocycles. The van der Waals surface area contributed by atoms with Gasteiger partial charge in [0.25, 0.3) is 5.92 Å². The number of nitrogens with zero attached hydrogens (tertiary/aromatic N) is 3. The standard InChI is InChI=1S/C19H31F2N3O4/c1-2-28-18(27)23-8-3-4-14(5-11-23)22-9-6-15(7-10-22)24-13-19(20,21)12-16(24)17(25)26/h14-16H,2-13H2,1H3,(H,25,26). The molecule has 9 heteroatoms. The van der Waals surface area contributed by atoms with Gasteiger partial charge in [-0.3, -0.25) is 9.69 Å². The molecule has 3 saturated heterocycles. The Morgan fingerprint density at radius 3 is 2.39 bits per heavy atom. The second kappa shape index (κ2) is 8.90. The molecule has 0 aliphatic carbocycles. The van der Waals surface area contributed by atoms with Crippen LogP contribution in [-0.2, 0) is 9.53 Å². The van der Waals surface area contributed by atoms with Gasteiger partial charge in [0.2, 0.25) is 0 Å². The van der Waals surface area contributed by atoms with Crippen LogP contribution in [0.2, 0.25) is 0 Å². The molecular weight excluding hydrogens is 372 g/mol. The fourth-order valence-electron chi connectivity index (χ4n) is 4.88. The van der Waals surface area contributed by atoms with Gasteiger partial charge < -0.3 is 19.6 Å². The molecule has 28 heavy (non-hydrogen) atoms. The molecule has 2 atom stereocenters. The molecule has 1 amide bonds. The summed E-state index contributed by atoms with van der Waals surface area (Å²) in [6.07, 6.45) is 3.37. The van der Waals surface area contributed by atoms with Gasteiger partial charge in [-0.1, -0.05) is 0 Å². The average Bonchev–Trinajstić information content (AvgIpc) is 2.82. The summed E-state index contributed by atoms with van der Waals surface area (Å²) in [6, 6.07) is -0.814. The number of hydrogen-bond donors (Lipinski definition) is 1. The van der Waals surface area contributed by atoms with Crippen molar-refractivity contribution in [3.63, 3.8) is 0 Å². The van der Waals surface area contributed by atoms with E-state index in [1.165, 1.54) is 4.90 Å². The van der Waals surface area contributed by atoms with Crippen molar-refractivity contribution in [2.45, 2.75) is 69.5 Å². The van der Waals surface area contributed by atoms with Gasteiger partial charge in [0.05, 0.1) is 13.2 Å². The molecule has 0 bridgehead atoms. The third kappa shape index (κ3) is 4.92. The number of carbonyl (C=O) groups excluding carboxylic acids is 1. The second-order valence-corrected chi connectivity index (χ2v) is 8.12. The first kappa shape index (κ1) is 21.2. The molecule has 7 nitrogen and oxygen atoms in total. The lowest BCUT2D eigenvalue weighted by Gasteiger charge is -2.41. The lowest BCUT2D eigenvalue weighted by atomic mass is 9.98. The Morgan fingerprint density at radius 1 is 1.07 bits per heavy atom. The van der Waals surface area contributed by atoms with Crippen molar-refractivity contribution in [1.29, 1.82) is 0 Å². The van der Waals surface area contributed by atoms with Crippen LogP contribution in [-0.4, -0.2) is 95.2 Å². The number of carbonyl (C=O) groups is 2. The predicted octanol–water partition coefficient (Wildman–Crippen LogP) is 2.26. The monoisotopic (exact) mass is 403 g/mol. The van der Waals surface area contributed by atoms with Crippen molar-refractivity contribution in [3.8, 4) is 0 Å². The Balaban J connectivity index is 1.51. The highest BCUT2D eigenvalue weighted by atomic mass is 19.3. The zero-order valence-electron chi connectivity index (χ0n) is 16.5. The first-order chi connectivity index (χ1) is 13.3. The maximum absolute atomic E-state index is 13.8. The van der Waals surface area contributed by atoms with Gasteiger partial charge in [0.1, 0.15) is 6.04 Å². The number of likely N-dealkylation sites (tertiary alicyclic amines) is 3. The predicted molar refractivity (Wildman–Crippen MR) is 98.5 cm³/mol. The van der Waals surface area contributed by atoms with Gasteiger partial charge >= 0.3 is 12.1 Å². The third-order valence-electron chi connectivity index (χ3n) is 6.30. The van der Waals surface area contributed by atoms with Crippen molar-refractivity contribution in [3.05, 3.63) is 0 Å². The van der Waals surface area contributed by atoms with E-state index in [0.717, 1.165) is 32.4 Å². The number of rotatable bonds is 4. The maximum atomic E-state index is 13.8. The highest BCUT2D eigenvalue weighted by Crippen LogP contribution is 2.36. The number of aliphatic carboxylic acids is 1. The summed E-state index contributed by atoms with van der Waals surface area (Å²) in [6.45, 7) is 4.66. The minimum absolute atomic E-state index is 0.104. The SMILES string of the molecule is CCOC(=O)N1CCCC(N2CCC(N3CC(F)(F)CC3C(=O)O)CC2)CC1. The fraction of sp³-hybridized carbons (Fsp3) is 0.895. The minimum atomic E-state index is -2.92. The molecule has 1 N–H and O–H groups in total. The van der Waals surface area contributed by atoms with Crippen molar-refractivity contribution >= 4 is 12.1 Å². The number of carboxylic acid groups (broad SMARTS) is 1. The van der Waals surface area contributed by atoms with Gasteiger partial charge in [-0.25, -0.2) is 13.6 Å². The van der Waals surface area contributed by atoms with Gasteiger partial charge in [-0.05, 0) is 52.1 Å². The van der Waals surface area contributed by atoms with Gasteiger partial charge in [0, 0.05) is 31.6 Å². The number of alkyl halides is 2. The normalized spacial score (nSPS) is 30.2. The van der Waals surface area contributed by atoms with Crippen molar-refractivity contribution in [1.82, 2.24) is 14.7 Å². The highest BCUT2D eigenvalue weighted by Gasteiger charge is 2.50. The summed E-state index contributed by atoms with van der Waals surface area (Å²) < 4.78 is 32.6. The van der Waals surface area contributed by atoms with Crippen LogP contribution in [0.4, 0.5) is 13.6 Å². The Kier molecular flexibility index (Phi) is 6.75. The summed E-state index contributed by atoms with van der Waals surface area (Å²) in [7, 11) is 0. The second-order valence-electron chi connectivity index (χ2n) is 8.12. The van der Waals surface area contributed by atoms with E-state index in [9.17, 15) is 23.5 Å². The smallest absolute Gasteiger partial charge is 0.409 e. The van der Waals surface area contributed by atoms with Crippen LogP contribution in [0.25, 0.3) is 0 Å². The van der Waals surface area contributed by atoms with Gasteiger partial charge in [-0.2, -0.15) is 0 Å². The molecule has 3 aliphatic rings. The zero-order valence-corrected chi connectivity index (χ0v) is 16.5. The topological polar surface area (TPSA) is 73.3 Å². The molecular formula is C19H31F2N3O4. The number of halogens is 2. The van der Waals surface area contributed by atoms with Gasteiger partial charge in [-0.15, -0.1) is 0 Å². The molecule has 3 rings (SSSR count). The highest BCUT2D eigenvalue weighted by molar-refractivity contribution is 5.74. The summed E-state index contributed by atoms with van der Waals surface area (Å²) in [5.41, 5.74) is 0. The zero-order chi connectivity index (χ0) is 20.3. The third-order valence-corrected chi connectivity index (χ3v) is 6.30. The summed E-state index contributed by atoms with van der Waals surface area (Å²) in [4.78, 5) is 29.0. The molecule has 3 heterocycles. The lowest BCUT2D eigenvalue weighted by Crippen LogP contribution is -2.51. The minimum Gasteiger partial charge on any atom is -0.480 e. The van der Waals surface area contributed by atoms with Crippen molar-refractivity contribution in [2.24, 2.45) is 0 Å². The molecule has 160 valence electrons. The average molecular weight is 403 g/mol. The van der Waals surface area contributed by atoms with E-state index in [1.54, 1.807) is 11.8 Å². The molecule has 3 aliphatic heterocycles. The molecule has 0 aromatic rings. The quantitative estimate of drug-likeness (QED) is 0.776. The van der Waals surface area contributed by atoms with Crippen molar-refractivity contribution in [2.75, 3.05) is 39.3 Å². The molecule has 0 saturated carbocycles. The Bertz CT molecular complexity index is 569. The van der Waals surface area contributed by atoms with Crippen LogP contribution < -0.4 is 0 Å². The van der Waals surface area contributed by atoms with Crippen LogP contribution in [0, 0.1) is 0 Å². The first-order valence-electron chi connectivity index (χ1n) is 10.3. The van der Waals surface area contributed by atoms with Crippen LogP contribution in [0.15, 0.2) is 0 Å². The molecule has 0 radical (unpaired) electrons. The van der Waals surface area contributed by atoms with Gasteiger partial charge in [0.15, 0.2) is 0 Å². The van der Waals surface area contributed by atoms with Crippen LogP contribution in [0.3, 0.4) is 0 Å². The maximum Gasteiger partial charge on any atom is 0.409 e. The van der Waals surface area contributed by atoms with Crippen molar-refractivity contribution < 1.29 is 28.2 Å². The number of piperidine rings is 1. The van der Waals surface area contributed by atoms with E-state index < -0.39 is 30.9 Å². The fourth-order valence-corrected chi connectivity index (χ4v) is 4.88. The van der Waals surface area contributed by atoms with E-state index in [0.29, 0.717) is 38.6 Å². The van der Waals surface area contributed by atoms with Crippen LogP contribution in [0.5, 0.6) is 0 Å². The number of ether oxygens (including phenoxy) is 1. The summed E-state index contributed by atoms with van der Waals surface area (Å²) >= 11 is 0. The molecule has 0 aromatic heterocycles. The number of hydrogen-bond acceptors (Lipinski definition) is 5. The van der Waals surface area contributed by atoms with E-state index in [-0.39, 0.29) is 12.1 Å². The van der Waals surface area contributed by atoms with Crippen LogP contribution >= 0.6 is 0 Å². The van der Waals surface area contributed by atoms with Crippen LogP contribution in [0.1, 0.15) is 45.4 Å².